The first kappa shape index (κ1) is 35.6. The topological polar surface area (TPSA) is 64.5 Å². The third-order valence-electron chi connectivity index (χ3n) is 10.5. The van der Waals surface area contributed by atoms with Crippen molar-refractivity contribution in [1.29, 1.82) is 0 Å². The quantitative estimate of drug-likeness (QED) is 0.260. The molecule has 49 heavy (non-hydrogen) atoms. The van der Waals surface area contributed by atoms with E-state index in [1.165, 1.54) is 0 Å². The van der Waals surface area contributed by atoms with Gasteiger partial charge in [0.05, 0.1) is 23.8 Å². The van der Waals surface area contributed by atoms with Gasteiger partial charge in [-0.05, 0) is 69.1 Å². The van der Waals surface area contributed by atoms with Gasteiger partial charge in [-0.2, -0.15) is 0 Å². The number of halogens is 2. The van der Waals surface area contributed by atoms with Crippen molar-refractivity contribution in [2.24, 2.45) is 4.99 Å². The Labute approximate surface area is 302 Å². The number of aromatic nitrogens is 1. The highest BCUT2D eigenvalue weighted by Gasteiger charge is 2.48. The molecule has 4 heterocycles. The van der Waals surface area contributed by atoms with Crippen LogP contribution in [0.4, 0.5) is 4.79 Å². The van der Waals surface area contributed by atoms with Crippen LogP contribution in [0.3, 0.4) is 0 Å². The maximum atomic E-state index is 15.1. The molecule has 2 aromatic carbocycles. The highest BCUT2D eigenvalue weighted by molar-refractivity contribution is 6.30. The first-order valence-electron chi connectivity index (χ1n) is 17.6. The summed E-state index contributed by atoms with van der Waals surface area (Å²) in [6, 6.07) is 17.9. The van der Waals surface area contributed by atoms with Crippen LogP contribution in [0.15, 0.2) is 65.8 Å². The molecule has 0 bridgehead atoms. The number of piperidine rings is 1. The molecule has 2 saturated heterocycles. The van der Waals surface area contributed by atoms with Crippen LogP contribution in [0.5, 0.6) is 5.75 Å². The van der Waals surface area contributed by atoms with Gasteiger partial charge in [-0.3, -0.25) is 19.8 Å². The summed E-state index contributed by atoms with van der Waals surface area (Å²) in [4.78, 5) is 34.4. The van der Waals surface area contributed by atoms with Crippen molar-refractivity contribution in [3.63, 3.8) is 0 Å². The highest BCUT2D eigenvalue weighted by Crippen LogP contribution is 2.46. The Morgan fingerprint density at radius 1 is 0.939 bits per heavy atom. The average molecular weight is 706 g/mol. The van der Waals surface area contributed by atoms with Gasteiger partial charge in [0.25, 0.3) is 0 Å². The maximum Gasteiger partial charge on any atom is 0.326 e. The van der Waals surface area contributed by atoms with Gasteiger partial charge in [-0.25, -0.2) is 4.79 Å². The van der Waals surface area contributed by atoms with Crippen LogP contribution in [0.1, 0.15) is 82.3 Å². The van der Waals surface area contributed by atoms with Crippen molar-refractivity contribution in [2.45, 2.75) is 76.9 Å². The van der Waals surface area contributed by atoms with Crippen molar-refractivity contribution < 1.29 is 9.53 Å². The molecular weight excluding hydrogens is 655 g/mol. The van der Waals surface area contributed by atoms with Gasteiger partial charge in [0.15, 0.2) is 0 Å². The number of benzene rings is 2. The molecule has 3 aliphatic rings. The van der Waals surface area contributed by atoms with Crippen molar-refractivity contribution in [1.82, 2.24) is 24.6 Å². The Kier molecular flexibility index (Phi) is 10.6. The van der Waals surface area contributed by atoms with Crippen LogP contribution in [0.2, 0.25) is 10.0 Å². The summed E-state index contributed by atoms with van der Waals surface area (Å²) in [5.41, 5.74) is 2.67. The lowest BCUT2D eigenvalue weighted by Gasteiger charge is -2.49. The largest absolute Gasteiger partial charge is 0.493 e. The SMILES string of the molecule is CCOc1cc(C(C)(C)C)ncc1C1=N[C@H](c2ccc(Cl)cc2)C[C@@](C)(c2ccc(Cl)cc2)N1C(=O)N1CCC(N2CCN(C)CC2)CC1. The fraction of sp³-hybridized carbons (Fsp3) is 0.513. The van der Waals surface area contributed by atoms with Crippen molar-refractivity contribution in [3.8, 4) is 5.75 Å². The molecule has 0 radical (unpaired) electrons. The minimum Gasteiger partial charge on any atom is -0.493 e. The molecule has 6 rings (SSSR count). The first-order valence-corrected chi connectivity index (χ1v) is 18.4. The third kappa shape index (κ3) is 7.63. The van der Waals surface area contributed by atoms with E-state index < -0.39 is 5.54 Å². The van der Waals surface area contributed by atoms with E-state index in [9.17, 15) is 0 Å². The number of nitrogens with zero attached hydrogens (tertiary/aromatic N) is 6. The molecule has 0 N–H and O–H groups in total. The Morgan fingerprint density at radius 2 is 1.55 bits per heavy atom. The molecule has 0 saturated carbocycles. The van der Waals surface area contributed by atoms with E-state index in [-0.39, 0.29) is 17.5 Å². The number of hydrogen-bond acceptors (Lipinski definition) is 6. The number of urea groups is 1. The zero-order chi connectivity index (χ0) is 34.9. The van der Waals surface area contributed by atoms with Crippen LogP contribution < -0.4 is 4.74 Å². The van der Waals surface area contributed by atoms with Gasteiger partial charge >= 0.3 is 6.03 Å². The molecule has 2 atom stereocenters. The Bertz CT molecular complexity index is 1640. The number of likely N-dealkylation sites (N-methyl/N-ethyl adjacent to an activating group) is 1. The molecule has 8 nitrogen and oxygen atoms in total. The van der Waals surface area contributed by atoms with Crippen LogP contribution >= 0.6 is 23.2 Å². The number of hydrogen-bond donors (Lipinski definition) is 0. The Morgan fingerprint density at radius 3 is 2.14 bits per heavy atom. The zero-order valence-corrected chi connectivity index (χ0v) is 31.3. The van der Waals surface area contributed by atoms with Gasteiger partial charge in [-0.1, -0.05) is 68.2 Å². The molecule has 2 fully saturated rings. The van der Waals surface area contributed by atoms with E-state index in [1.54, 1.807) is 0 Å². The van der Waals surface area contributed by atoms with E-state index in [1.807, 2.05) is 77.5 Å². The van der Waals surface area contributed by atoms with Crippen molar-refractivity contribution in [3.05, 3.63) is 93.2 Å². The second kappa shape index (κ2) is 14.6. The minimum absolute atomic E-state index is 0.0510. The predicted molar refractivity (Wildman–Crippen MR) is 199 cm³/mol. The standard InChI is InChI=1S/C39H50Cl2N6O2/c1-7-49-34-24-35(38(2,3)4)42-26-32(34)36-43-33(27-8-12-29(40)13-9-27)25-39(5,28-10-14-30(41)15-11-28)47(36)37(48)46-18-16-31(17-19-46)45-22-20-44(6)21-23-45/h8-15,24,26,31,33H,7,16-23,25H2,1-6H3/t33-,39-/m0/s1. The van der Waals surface area contributed by atoms with E-state index in [0.29, 0.717) is 59.4 Å². The van der Waals surface area contributed by atoms with Gasteiger partial charge in [0.1, 0.15) is 11.6 Å². The molecule has 2 amide bonds. The number of ether oxygens (including phenoxy) is 1. The molecule has 3 aliphatic heterocycles. The fourth-order valence-electron chi connectivity index (χ4n) is 7.42. The van der Waals surface area contributed by atoms with Crippen LogP contribution in [0.25, 0.3) is 0 Å². The summed E-state index contributed by atoms with van der Waals surface area (Å²) >= 11 is 12.7. The second-order valence-electron chi connectivity index (χ2n) is 14.9. The number of pyridine rings is 1. The van der Waals surface area contributed by atoms with E-state index in [4.69, 9.17) is 37.9 Å². The van der Waals surface area contributed by atoms with Crippen molar-refractivity contribution >= 4 is 35.1 Å². The van der Waals surface area contributed by atoms with E-state index in [2.05, 4.69) is 44.5 Å². The second-order valence-corrected chi connectivity index (χ2v) is 15.8. The molecule has 0 aliphatic carbocycles. The van der Waals surface area contributed by atoms with Crippen LogP contribution in [0, 0.1) is 0 Å². The first-order chi connectivity index (χ1) is 23.4. The highest BCUT2D eigenvalue weighted by atomic mass is 35.5. The summed E-state index contributed by atoms with van der Waals surface area (Å²) in [6.45, 7) is 16.7. The smallest absolute Gasteiger partial charge is 0.326 e. The molecule has 0 unspecified atom stereocenters. The van der Waals surface area contributed by atoms with Crippen molar-refractivity contribution in [2.75, 3.05) is 52.9 Å². The van der Waals surface area contributed by atoms with E-state index in [0.717, 1.165) is 55.8 Å². The third-order valence-corrected chi connectivity index (χ3v) is 11.0. The predicted octanol–water partition coefficient (Wildman–Crippen LogP) is 8.03. The molecule has 0 spiro atoms. The van der Waals surface area contributed by atoms with Crippen LogP contribution in [-0.4, -0.2) is 95.4 Å². The normalized spacial score (nSPS) is 23.0. The molecule has 262 valence electrons. The van der Waals surface area contributed by atoms with Gasteiger partial charge in [0, 0.05) is 85.1 Å². The van der Waals surface area contributed by atoms with E-state index >= 15 is 4.79 Å². The van der Waals surface area contributed by atoms with Gasteiger partial charge in [-0.15, -0.1) is 0 Å². The molecule has 1 aromatic heterocycles. The number of likely N-dealkylation sites (tertiary alicyclic amines) is 1. The Balaban J connectivity index is 1.46. The summed E-state index contributed by atoms with van der Waals surface area (Å²) in [7, 11) is 2.19. The summed E-state index contributed by atoms with van der Waals surface area (Å²) in [6.07, 6.45) is 4.32. The summed E-state index contributed by atoms with van der Waals surface area (Å²) in [5.74, 6) is 1.23. The number of amidine groups is 1. The number of aliphatic imine (C=N–C) groups is 1. The summed E-state index contributed by atoms with van der Waals surface area (Å²) < 4.78 is 6.32. The maximum absolute atomic E-state index is 15.1. The number of amides is 2. The van der Waals surface area contributed by atoms with Gasteiger partial charge in [0.2, 0.25) is 0 Å². The molecule has 3 aromatic rings. The zero-order valence-electron chi connectivity index (χ0n) is 29.8. The minimum atomic E-state index is -0.774. The lowest BCUT2D eigenvalue weighted by atomic mass is 9.80. The number of carbonyl (C=O) groups excluding carboxylic acids is 1. The number of rotatable bonds is 6. The monoisotopic (exact) mass is 704 g/mol. The lowest BCUT2D eigenvalue weighted by molar-refractivity contribution is 0.0635. The fourth-order valence-corrected chi connectivity index (χ4v) is 7.67. The summed E-state index contributed by atoms with van der Waals surface area (Å²) in [5, 5.41) is 1.32. The molecule has 10 heteroatoms. The number of piperazine rings is 1. The van der Waals surface area contributed by atoms with Crippen LogP contribution in [-0.2, 0) is 11.0 Å². The van der Waals surface area contributed by atoms with Gasteiger partial charge < -0.3 is 14.5 Å². The average Bonchev–Trinajstić information content (AvgIpc) is 3.08. The lowest BCUT2D eigenvalue weighted by Crippen LogP contribution is -2.60. The Hall–Kier alpha value is -3.17. The molecular formula is C39H50Cl2N6O2. The number of carbonyl (C=O) groups is 1.